The topological polar surface area (TPSA) is 80.7 Å². The molecule has 0 spiro atoms. The zero-order chi connectivity index (χ0) is 27.4. The van der Waals surface area contributed by atoms with Gasteiger partial charge in [0.25, 0.3) is 5.91 Å². The third-order valence-electron chi connectivity index (χ3n) is 5.77. The van der Waals surface area contributed by atoms with Crippen molar-refractivity contribution in [3.63, 3.8) is 0 Å². The van der Waals surface area contributed by atoms with Crippen molar-refractivity contribution in [1.29, 1.82) is 0 Å². The lowest BCUT2D eigenvalue weighted by Crippen LogP contribution is -2.37. The van der Waals surface area contributed by atoms with Crippen LogP contribution in [-0.4, -0.2) is 53.5 Å². The molecule has 1 aliphatic heterocycles. The van der Waals surface area contributed by atoms with Gasteiger partial charge in [-0.15, -0.1) is 24.5 Å². The van der Waals surface area contributed by atoms with Crippen LogP contribution in [0.25, 0.3) is 10.6 Å². The fraction of sp³-hybridized carbons (Fsp3) is 0.231. The molecule has 0 aliphatic carbocycles. The largest absolute Gasteiger partial charge is 0.573 e. The number of aromatic nitrogens is 3. The molecule has 2 aromatic heterocycles. The molecule has 8 nitrogen and oxygen atoms in total. The first-order chi connectivity index (χ1) is 18.8. The summed E-state index contributed by atoms with van der Waals surface area (Å²) in [5.74, 6) is -0.963. The molecule has 1 fully saturated rings. The Hall–Kier alpha value is -4.10. The molecule has 39 heavy (non-hydrogen) atoms. The van der Waals surface area contributed by atoms with Crippen LogP contribution in [-0.2, 0) is 11.3 Å². The van der Waals surface area contributed by atoms with Gasteiger partial charge < -0.3 is 14.4 Å². The molecule has 1 amide bonds. The number of halogens is 4. The van der Waals surface area contributed by atoms with Gasteiger partial charge in [-0.25, -0.2) is 14.4 Å². The summed E-state index contributed by atoms with van der Waals surface area (Å²) in [6, 6.07) is 11.2. The van der Waals surface area contributed by atoms with E-state index in [1.54, 1.807) is 12.3 Å². The summed E-state index contributed by atoms with van der Waals surface area (Å²) in [6.45, 7) is 2.27. The summed E-state index contributed by atoms with van der Waals surface area (Å²) in [4.78, 5) is 30.5. The van der Waals surface area contributed by atoms with E-state index < -0.39 is 18.1 Å². The van der Waals surface area contributed by atoms with Gasteiger partial charge in [0.15, 0.2) is 0 Å². The standard InChI is InChI=1S/C26H21F4N5O3S/c27-20-3-1-2-4-22(20)35(25(36)21-14-31-15-23(33-21)34-9-11-37-12-10-34)16-19-13-32-24(39-19)17-5-7-18(8-6-17)38-26(28,29)30/h1-8,13-15H,9-12,16H2. The molecule has 202 valence electrons. The van der Waals surface area contributed by atoms with Gasteiger partial charge >= 0.3 is 6.36 Å². The smallest absolute Gasteiger partial charge is 0.406 e. The average Bonchev–Trinajstić information content (AvgIpc) is 3.41. The SMILES string of the molecule is O=C(c1cncc(N2CCOCC2)n1)N(Cc1cnc(-c2ccc(OC(F)(F)F)cc2)s1)c1ccccc1F. The lowest BCUT2D eigenvalue weighted by molar-refractivity contribution is -0.274. The normalized spacial score (nSPS) is 13.8. The monoisotopic (exact) mass is 559 g/mol. The number of carbonyl (C=O) groups excluding carboxylic acids is 1. The van der Waals surface area contributed by atoms with E-state index in [1.165, 1.54) is 71.1 Å². The Balaban J connectivity index is 1.40. The van der Waals surface area contributed by atoms with Crippen molar-refractivity contribution in [2.45, 2.75) is 12.9 Å². The van der Waals surface area contributed by atoms with E-state index in [9.17, 15) is 22.4 Å². The number of alkyl halides is 3. The highest BCUT2D eigenvalue weighted by molar-refractivity contribution is 7.15. The Labute approximate surface area is 224 Å². The lowest BCUT2D eigenvalue weighted by atomic mass is 10.2. The predicted octanol–water partition coefficient (Wildman–Crippen LogP) is 5.32. The molecule has 1 saturated heterocycles. The summed E-state index contributed by atoms with van der Waals surface area (Å²) in [5, 5.41) is 0.513. The van der Waals surface area contributed by atoms with Crippen LogP contribution in [0.4, 0.5) is 29.1 Å². The van der Waals surface area contributed by atoms with E-state index in [1.807, 2.05) is 4.90 Å². The van der Waals surface area contributed by atoms with Gasteiger partial charge in [-0.2, -0.15) is 0 Å². The summed E-state index contributed by atoms with van der Waals surface area (Å²) in [5.41, 5.74) is 0.672. The minimum absolute atomic E-state index is 0.0177. The maximum absolute atomic E-state index is 14.9. The van der Waals surface area contributed by atoms with Gasteiger partial charge in [-0.3, -0.25) is 14.7 Å². The Morgan fingerprint density at radius 1 is 1.05 bits per heavy atom. The Bertz CT molecular complexity index is 1440. The first-order valence-electron chi connectivity index (χ1n) is 11.8. The number of thiazole rings is 1. The Morgan fingerprint density at radius 2 is 1.79 bits per heavy atom. The molecule has 0 bridgehead atoms. The third-order valence-corrected chi connectivity index (χ3v) is 6.80. The number of carbonyl (C=O) groups is 1. The average molecular weight is 560 g/mol. The van der Waals surface area contributed by atoms with Crippen LogP contribution < -0.4 is 14.5 Å². The van der Waals surface area contributed by atoms with Gasteiger partial charge in [-0.05, 0) is 36.4 Å². The van der Waals surface area contributed by atoms with E-state index in [0.717, 1.165) is 0 Å². The van der Waals surface area contributed by atoms with Crippen molar-refractivity contribution in [1.82, 2.24) is 15.0 Å². The second-order valence-corrected chi connectivity index (χ2v) is 9.52. The summed E-state index contributed by atoms with van der Waals surface area (Å²) in [6.07, 6.45) is -0.347. The maximum atomic E-state index is 14.9. The van der Waals surface area contributed by atoms with E-state index in [2.05, 4.69) is 19.7 Å². The number of rotatable bonds is 7. The van der Waals surface area contributed by atoms with Crippen molar-refractivity contribution in [2.75, 3.05) is 36.1 Å². The zero-order valence-electron chi connectivity index (χ0n) is 20.3. The highest BCUT2D eigenvalue weighted by Gasteiger charge is 2.31. The van der Waals surface area contributed by atoms with Gasteiger partial charge in [0.05, 0.1) is 37.8 Å². The number of hydrogen-bond donors (Lipinski definition) is 0. The fourth-order valence-corrected chi connectivity index (χ4v) is 4.85. The molecule has 0 unspecified atom stereocenters. The van der Waals surface area contributed by atoms with E-state index in [4.69, 9.17) is 4.74 Å². The maximum Gasteiger partial charge on any atom is 0.573 e. The first kappa shape index (κ1) is 26.5. The van der Waals surface area contributed by atoms with Crippen LogP contribution in [0, 0.1) is 5.82 Å². The van der Waals surface area contributed by atoms with Crippen molar-refractivity contribution >= 4 is 28.7 Å². The molecule has 1 aliphatic rings. The molecule has 0 saturated carbocycles. The number of amides is 1. The summed E-state index contributed by atoms with van der Waals surface area (Å²) >= 11 is 1.22. The quantitative estimate of drug-likeness (QED) is 0.284. The van der Waals surface area contributed by atoms with Crippen molar-refractivity contribution in [2.24, 2.45) is 0 Å². The molecule has 5 rings (SSSR count). The number of ether oxygens (including phenoxy) is 2. The molecule has 0 atom stereocenters. The molecule has 0 N–H and O–H groups in total. The van der Waals surface area contributed by atoms with Gasteiger partial charge in [0.2, 0.25) is 0 Å². The lowest BCUT2D eigenvalue weighted by Gasteiger charge is -2.28. The Morgan fingerprint density at radius 3 is 2.51 bits per heavy atom. The van der Waals surface area contributed by atoms with Gasteiger partial charge in [0.1, 0.15) is 28.1 Å². The molecule has 0 radical (unpaired) electrons. The van der Waals surface area contributed by atoms with Crippen LogP contribution in [0.1, 0.15) is 15.4 Å². The highest BCUT2D eigenvalue weighted by Crippen LogP contribution is 2.31. The molecular weight excluding hydrogens is 538 g/mol. The third kappa shape index (κ3) is 6.49. The minimum Gasteiger partial charge on any atom is -0.406 e. The van der Waals surface area contributed by atoms with Crippen LogP contribution in [0.15, 0.2) is 67.1 Å². The number of anilines is 2. The molecule has 2 aromatic carbocycles. The number of nitrogens with zero attached hydrogens (tertiary/aromatic N) is 5. The van der Waals surface area contributed by atoms with Gasteiger partial charge in [-0.1, -0.05) is 12.1 Å². The van der Waals surface area contributed by atoms with Gasteiger partial charge in [0, 0.05) is 29.7 Å². The van der Waals surface area contributed by atoms with E-state index in [0.29, 0.717) is 47.6 Å². The second kappa shape index (κ2) is 11.3. The molecule has 13 heteroatoms. The first-order valence-corrected chi connectivity index (χ1v) is 12.6. The number of morpholine rings is 1. The molecular formula is C26H21F4N5O3S. The summed E-state index contributed by atoms with van der Waals surface area (Å²) < 4.78 is 61.5. The van der Waals surface area contributed by atoms with E-state index >= 15 is 0 Å². The van der Waals surface area contributed by atoms with Crippen LogP contribution in [0.3, 0.4) is 0 Å². The van der Waals surface area contributed by atoms with Crippen LogP contribution >= 0.6 is 11.3 Å². The highest BCUT2D eigenvalue weighted by atomic mass is 32.1. The van der Waals surface area contributed by atoms with Crippen LogP contribution in [0.5, 0.6) is 5.75 Å². The molecule has 4 aromatic rings. The van der Waals surface area contributed by atoms with Crippen LogP contribution in [0.2, 0.25) is 0 Å². The van der Waals surface area contributed by atoms with E-state index in [-0.39, 0.29) is 23.7 Å². The Kier molecular flexibility index (Phi) is 7.70. The van der Waals surface area contributed by atoms with Crippen molar-refractivity contribution in [3.05, 3.63) is 83.5 Å². The number of benzene rings is 2. The minimum atomic E-state index is -4.79. The predicted molar refractivity (Wildman–Crippen MR) is 136 cm³/mol. The molecule has 3 heterocycles. The van der Waals surface area contributed by atoms with Crippen molar-refractivity contribution < 1.29 is 31.8 Å². The second-order valence-electron chi connectivity index (χ2n) is 8.41. The summed E-state index contributed by atoms with van der Waals surface area (Å²) in [7, 11) is 0. The number of hydrogen-bond acceptors (Lipinski definition) is 8. The van der Waals surface area contributed by atoms with Crippen molar-refractivity contribution in [3.8, 4) is 16.3 Å². The number of para-hydroxylation sites is 1. The zero-order valence-corrected chi connectivity index (χ0v) is 21.1. The fourth-order valence-electron chi connectivity index (χ4n) is 3.95.